The predicted molar refractivity (Wildman–Crippen MR) is 100 cm³/mol. The molecule has 0 aliphatic heterocycles. The van der Waals surface area contributed by atoms with Crippen molar-refractivity contribution < 1.29 is 19.0 Å². The van der Waals surface area contributed by atoms with E-state index in [1.54, 1.807) is 11.7 Å². The molecule has 3 rings (SSSR count). The first-order valence-corrected chi connectivity index (χ1v) is 9.87. The summed E-state index contributed by atoms with van der Waals surface area (Å²) in [5.74, 6) is 0.961. The SMILES string of the molecule is CC(=O)NCCOC1CC(COc2ncnc(OCc3cncs3)c2Cl)C1. The number of amides is 1. The van der Waals surface area contributed by atoms with Crippen molar-refractivity contribution in [2.24, 2.45) is 5.92 Å². The lowest BCUT2D eigenvalue weighted by Gasteiger charge is -2.34. The van der Waals surface area contributed by atoms with Crippen LogP contribution in [0.25, 0.3) is 0 Å². The molecule has 1 fully saturated rings. The molecule has 0 bridgehead atoms. The van der Waals surface area contributed by atoms with Gasteiger partial charge in [-0.25, -0.2) is 9.97 Å². The van der Waals surface area contributed by atoms with E-state index < -0.39 is 0 Å². The van der Waals surface area contributed by atoms with E-state index in [2.05, 4.69) is 20.3 Å². The Balaban J connectivity index is 1.38. The highest BCUT2D eigenvalue weighted by molar-refractivity contribution is 7.09. The maximum atomic E-state index is 10.8. The Morgan fingerprint density at radius 1 is 1.33 bits per heavy atom. The van der Waals surface area contributed by atoms with Crippen molar-refractivity contribution >= 4 is 28.8 Å². The topological polar surface area (TPSA) is 95.5 Å². The van der Waals surface area contributed by atoms with Crippen LogP contribution in [-0.2, 0) is 16.1 Å². The summed E-state index contributed by atoms with van der Waals surface area (Å²) >= 11 is 7.79. The van der Waals surface area contributed by atoms with Crippen LogP contribution in [0.1, 0.15) is 24.6 Å². The molecule has 1 saturated carbocycles. The molecular weight excluding hydrogens is 392 g/mol. The molecule has 2 heterocycles. The molecule has 0 spiro atoms. The van der Waals surface area contributed by atoms with E-state index in [9.17, 15) is 4.79 Å². The Labute approximate surface area is 166 Å². The predicted octanol–water partition coefficient (Wildman–Crippen LogP) is 2.48. The minimum Gasteiger partial charge on any atom is -0.476 e. The number of nitrogens with zero attached hydrogens (tertiary/aromatic N) is 3. The van der Waals surface area contributed by atoms with Crippen LogP contribution >= 0.6 is 22.9 Å². The zero-order valence-electron chi connectivity index (χ0n) is 14.9. The Morgan fingerprint density at radius 2 is 2.11 bits per heavy atom. The summed E-state index contributed by atoms with van der Waals surface area (Å²) in [5, 5.41) is 2.97. The number of carbonyl (C=O) groups is 1. The normalized spacial score (nSPS) is 18.6. The van der Waals surface area contributed by atoms with Crippen LogP contribution in [0.5, 0.6) is 11.8 Å². The zero-order chi connectivity index (χ0) is 19.1. The molecule has 2 aromatic heterocycles. The summed E-state index contributed by atoms with van der Waals surface area (Å²) in [7, 11) is 0. The molecule has 0 unspecified atom stereocenters. The second kappa shape index (κ2) is 9.82. The fourth-order valence-corrected chi connectivity index (χ4v) is 3.30. The van der Waals surface area contributed by atoms with Gasteiger partial charge in [-0.2, -0.15) is 0 Å². The van der Waals surface area contributed by atoms with E-state index >= 15 is 0 Å². The average Bonchev–Trinajstić information content (AvgIpc) is 3.12. The smallest absolute Gasteiger partial charge is 0.240 e. The van der Waals surface area contributed by atoms with Gasteiger partial charge in [0.2, 0.25) is 17.7 Å². The van der Waals surface area contributed by atoms with Gasteiger partial charge >= 0.3 is 0 Å². The van der Waals surface area contributed by atoms with Gasteiger partial charge in [0.1, 0.15) is 12.9 Å². The maximum Gasteiger partial charge on any atom is 0.240 e. The van der Waals surface area contributed by atoms with Gasteiger partial charge in [-0.3, -0.25) is 9.78 Å². The van der Waals surface area contributed by atoms with Crippen molar-refractivity contribution in [1.29, 1.82) is 0 Å². The Morgan fingerprint density at radius 3 is 2.81 bits per heavy atom. The molecule has 0 saturated heterocycles. The highest BCUT2D eigenvalue weighted by atomic mass is 35.5. The number of carbonyl (C=O) groups excluding carboxylic acids is 1. The molecule has 1 aliphatic rings. The number of nitrogens with one attached hydrogen (secondary N) is 1. The zero-order valence-corrected chi connectivity index (χ0v) is 16.5. The number of ether oxygens (including phenoxy) is 3. The number of aromatic nitrogens is 3. The van der Waals surface area contributed by atoms with Crippen molar-refractivity contribution in [2.45, 2.75) is 32.5 Å². The molecule has 0 atom stereocenters. The van der Waals surface area contributed by atoms with Crippen molar-refractivity contribution in [1.82, 2.24) is 20.3 Å². The second-order valence-corrected chi connectivity index (χ2v) is 7.53. The first-order chi connectivity index (χ1) is 13.1. The van der Waals surface area contributed by atoms with Crippen LogP contribution in [0.15, 0.2) is 18.0 Å². The van der Waals surface area contributed by atoms with Crippen molar-refractivity contribution in [2.75, 3.05) is 19.8 Å². The summed E-state index contributed by atoms with van der Waals surface area (Å²) in [5.41, 5.74) is 1.74. The first-order valence-electron chi connectivity index (χ1n) is 8.61. The fraction of sp³-hybridized carbons (Fsp3) is 0.529. The van der Waals surface area contributed by atoms with E-state index in [0.717, 1.165) is 17.7 Å². The maximum absolute atomic E-state index is 10.8. The molecule has 1 N–H and O–H groups in total. The largest absolute Gasteiger partial charge is 0.476 e. The molecule has 146 valence electrons. The standard InChI is InChI=1S/C17H21ClN4O4S/c1-11(23)20-2-3-24-13-4-12(5-13)7-25-16-15(18)17(22-9-21-16)26-8-14-6-19-10-27-14/h6,9-10,12-13H,2-5,7-8H2,1H3,(H,20,23). The lowest BCUT2D eigenvalue weighted by Crippen LogP contribution is -2.37. The Bertz CT molecular complexity index is 741. The Hall–Kier alpha value is -1.97. The van der Waals surface area contributed by atoms with E-state index in [1.165, 1.54) is 24.6 Å². The summed E-state index contributed by atoms with van der Waals surface area (Å²) < 4.78 is 17.0. The van der Waals surface area contributed by atoms with Crippen LogP contribution in [-0.4, -0.2) is 46.7 Å². The third-order valence-electron chi connectivity index (χ3n) is 4.04. The van der Waals surface area contributed by atoms with Crippen LogP contribution in [0.2, 0.25) is 5.02 Å². The van der Waals surface area contributed by atoms with Gasteiger partial charge in [-0.05, 0) is 18.8 Å². The number of thiazole rings is 1. The van der Waals surface area contributed by atoms with Gasteiger partial charge in [0.05, 0.1) is 29.7 Å². The molecule has 8 nitrogen and oxygen atoms in total. The molecule has 0 radical (unpaired) electrons. The van der Waals surface area contributed by atoms with Crippen molar-refractivity contribution in [3.05, 3.63) is 27.9 Å². The van der Waals surface area contributed by atoms with Crippen LogP contribution in [0.4, 0.5) is 0 Å². The van der Waals surface area contributed by atoms with E-state index in [1.807, 2.05) is 0 Å². The Kier molecular flexibility index (Phi) is 7.19. The van der Waals surface area contributed by atoms with Crippen LogP contribution < -0.4 is 14.8 Å². The first kappa shape index (κ1) is 19.8. The van der Waals surface area contributed by atoms with Gasteiger partial charge in [0.15, 0.2) is 5.02 Å². The molecule has 1 amide bonds. The summed E-state index contributed by atoms with van der Waals surface area (Å²) in [4.78, 5) is 23.9. The molecule has 2 aromatic rings. The number of hydrogen-bond donors (Lipinski definition) is 1. The van der Waals surface area contributed by atoms with E-state index in [-0.39, 0.29) is 17.0 Å². The quantitative estimate of drug-likeness (QED) is 0.599. The number of hydrogen-bond acceptors (Lipinski definition) is 8. The van der Waals surface area contributed by atoms with Gasteiger partial charge in [0, 0.05) is 19.7 Å². The minimum atomic E-state index is -0.0457. The summed E-state index contributed by atoms with van der Waals surface area (Å²) in [6.07, 6.45) is 5.15. The molecule has 0 aromatic carbocycles. The average molecular weight is 413 g/mol. The van der Waals surface area contributed by atoms with Crippen LogP contribution in [0.3, 0.4) is 0 Å². The lowest BCUT2D eigenvalue weighted by atomic mass is 9.83. The number of halogens is 1. The summed E-state index contributed by atoms with van der Waals surface area (Å²) in [6.45, 7) is 3.41. The lowest BCUT2D eigenvalue weighted by molar-refractivity contribution is -0.119. The van der Waals surface area contributed by atoms with E-state index in [4.69, 9.17) is 25.8 Å². The number of rotatable bonds is 10. The molecular formula is C17H21ClN4O4S. The minimum absolute atomic E-state index is 0.0457. The van der Waals surface area contributed by atoms with Gasteiger partial charge in [-0.1, -0.05) is 11.6 Å². The van der Waals surface area contributed by atoms with Gasteiger partial charge < -0.3 is 19.5 Å². The van der Waals surface area contributed by atoms with Gasteiger partial charge in [0.25, 0.3) is 0 Å². The molecule has 27 heavy (non-hydrogen) atoms. The van der Waals surface area contributed by atoms with Crippen molar-refractivity contribution in [3.8, 4) is 11.8 Å². The van der Waals surface area contributed by atoms with Crippen LogP contribution in [0, 0.1) is 5.92 Å². The second-order valence-electron chi connectivity index (χ2n) is 6.18. The highest BCUT2D eigenvalue weighted by Gasteiger charge is 2.30. The molecule has 1 aliphatic carbocycles. The highest BCUT2D eigenvalue weighted by Crippen LogP contribution is 2.34. The van der Waals surface area contributed by atoms with E-state index in [0.29, 0.717) is 44.0 Å². The third kappa shape index (κ3) is 6.02. The summed E-state index contributed by atoms with van der Waals surface area (Å²) in [6, 6.07) is 0. The fourth-order valence-electron chi connectivity index (χ4n) is 2.59. The van der Waals surface area contributed by atoms with Crippen molar-refractivity contribution in [3.63, 3.8) is 0 Å². The molecule has 10 heteroatoms. The monoisotopic (exact) mass is 412 g/mol. The van der Waals surface area contributed by atoms with Gasteiger partial charge in [-0.15, -0.1) is 11.3 Å². The third-order valence-corrected chi connectivity index (χ3v) is 5.11.